The van der Waals surface area contributed by atoms with Crippen molar-refractivity contribution in [3.05, 3.63) is 78.4 Å². The van der Waals surface area contributed by atoms with E-state index in [9.17, 15) is 0 Å². The second kappa shape index (κ2) is 7.87. The molecule has 0 aliphatic heterocycles. The minimum Gasteiger partial charge on any atom is -0.350 e. The molecule has 0 bridgehead atoms. The second-order valence-corrected chi connectivity index (χ2v) is 8.36. The first-order valence-corrected chi connectivity index (χ1v) is 9.58. The van der Waals surface area contributed by atoms with E-state index in [1.165, 1.54) is 0 Å². The quantitative estimate of drug-likeness (QED) is 0.432. The van der Waals surface area contributed by atoms with E-state index < -0.39 is 3.79 Å². The van der Waals surface area contributed by atoms with Gasteiger partial charge in [0.25, 0.3) is 0 Å². The summed E-state index contributed by atoms with van der Waals surface area (Å²) in [4.78, 5) is 17.1. The maximum atomic E-state index is 6.04. The Balaban J connectivity index is 1.72. The predicted molar refractivity (Wildman–Crippen MR) is 114 cm³/mol. The van der Waals surface area contributed by atoms with Crippen LogP contribution in [0.1, 0.15) is 11.4 Å². The van der Waals surface area contributed by atoms with Gasteiger partial charge in [0.2, 0.25) is 9.74 Å². The van der Waals surface area contributed by atoms with Gasteiger partial charge in [-0.1, -0.05) is 71.2 Å². The van der Waals surface area contributed by atoms with Crippen LogP contribution in [0.2, 0.25) is 0 Å². The van der Waals surface area contributed by atoms with Gasteiger partial charge in [-0.3, -0.25) is 4.98 Å². The minimum atomic E-state index is -1.76. The van der Waals surface area contributed by atoms with E-state index >= 15 is 0 Å². The lowest BCUT2D eigenvalue weighted by atomic mass is 10.1. The van der Waals surface area contributed by atoms with Gasteiger partial charge in [0.1, 0.15) is 0 Å². The van der Waals surface area contributed by atoms with Crippen LogP contribution >= 0.6 is 34.8 Å². The molecule has 140 valence electrons. The number of anilines is 1. The first kappa shape index (κ1) is 18.9. The van der Waals surface area contributed by atoms with Crippen molar-refractivity contribution in [3.8, 4) is 11.4 Å². The van der Waals surface area contributed by atoms with Crippen molar-refractivity contribution in [3.63, 3.8) is 0 Å². The van der Waals surface area contributed by atoms with Gasteiger partial charge in [-0.25, -0.2) is 4.98 Å². The number of pyridine rings is 1. The van der Waals surface area contributed by atoms with Crippen molar-refractivity contribution in [2.45, 2.75) is 10.3 Å². The number of halogens is 3. The molecule has 0 unspecified atom stereocenters. The molecule has 0 aliphatic carbocycles. The van der Waals surface area contributed by atoms with E-state index in [-0.39, 0.29) is 5.82 Å². The molecule has 0 saturated heterocycles. The molecule has 0 aliphatic rings. The van der Waals surface area contributed by atoms with Crippen LogP contribution in [0.4, 0.5) is 5.95 Å². The third-order valence-electron chi connectivity index (χ3n) is 4.10. The highest BCUT2D eigenvalue weighted by Crippen LogP contribution is 2.37. The Morgan fingerprint density at radius 1 is 0.821 bits per heavy atom. The topological polar surface area (TPSA) is 63.6 Å². The highest BCUT2D eigenvalue weighted by Gasteiger charge is 2.28. The summed E-state index contributed by atoms with van der Waals surface area (Å²) in [5.74, 6) is 0.823. The number of nitrogens with zero attached hydrogens (tertiary/aromatic N) is 4. The molecule has 0 atom stereocenters. The van der Waals surface area contributed by atoms with E-state index in [1.54, 1.807) is 12.4 Å². The summed E-state index contributed by atoms with van der Waals surface area (Å²) in [5.41, 5.74) is 1.83. The maximum Gasteiger partial charge on any atom is 0.250 e. The number of aromatic nitrogens is 4. The zero-order valence-electron chi connectivity index (χ0n) is 14.5. The van der Waals surface area contributed by atoms with E-state index in [2.05, 4.69) is 25.3 Å². The van der Waals surface area contributed by atoms with Gasteiger partial charge in [-0.05, 0) is 34.5 Å². The van der Waals surface area contributed by atoms with Crippen LogP contribution in [0, 0.1) is 0 Å². The predicted octanol–water partition coefficient (Wildman–Crippen LogP) is 5.53. The summed E-state index contributed by atoms with van der Waals surface area (Å²) < 4.78 is -1.76. The molecule has 2 aromatic carbocycles. The zero-order valence-corrected chi connectivity index (χ0v) is 16.7. The molecule has 4 aromatic rings. The number of benzene rings is 2. The van der Waals surface area contributed by atoms with Crippen molar-refractivity contribution in [1.82, 2.24) is 19.9 Å². The van der Waals surface area contributed by atoms with Crippen molar-refractivity contribution >= 4 is 51.5 Å². The first-order chi connectivity index (χ1) is 13.5. The Kier molecular flexibility index (Phi) is 5.31. The summed E-state index contributed by atoms with van der Waals surface area (Å²) in [6.07, 6.45) is 3.44. The number of nitrogens with one attached hydrogen (secondary N) is 1. The third kappa shape index (κ3) is 4.33. The summed E-state index contributed by atoms with van der Waals surface area (Å²) in [7, 11) is 0. The summed E-state index contributed by atoms with van der Waals surface area (Å²) in [6, 6.07) is 17.8. The normalized spacial score (nSPS) is 11.5. The van der Waals surface area contributed by atoms with Gasteiger partial charge in [0.05, 0.1) is 0 Å². The Bertz CT molecular complexity index is 1110. The highest BCUT2D eigenvalue weighted by molar-refractivity contribution is 6.66. The fraction of sp³-hybridized carbons (Fsp3) is 0.100. The molecule has 4 rings (SSSR count). The van der Waals surface area contributed by atoms with Gasteiger partial charge in [-0.2, -0.15) is 9.97 Å². The average Bonchev–Trinajstić information content (AvgIpc) is 2.72. The molecule has 2 heterocycles. The molecule has 28 heavy (non-hydrogen) atoms. The number of hydrogen-bond donors (Lipinski definition) is 1. The minimum absolute atomic E-state index is 0.0629. The van der Waals surface area contributed by atoms with E-state index in [4.69, 9.17) is 34.8 Å². The fourth-order valence-corrected chi connectivity index (χ4v) is 2.97. The smallest absolute Gasteiger partial charge is 0.250 e. The molecular formula is C20H14Cl3N5. The molecule has 8 heteroatoms. The molecule has 0 spiro atoms. The molecule has 2 aromatic heterocycles. The van der Waals surface area contributed by atoms with Crippen molar-refractivity contribution in [2.75, 3.05) is 5.32 Å². The Hall–Kier alpha value is -2.47. The number of fused-ring (bicyclic) bond motifs is 1. The first-order valence-electron chi connectivity index (χ1n) is 8.44. The third-order valence-corrected chi connectivity index (χ3v) is 4.60. The number of rotatable bonds is 4. The lowest BCUT2D eigenvalue weighted by Crippen LogP contribution is -2.13. The molecule has 1 N–H and O–H groups in total. The van der Waals surface area contributed by atoms with Crippen LogP contribution in [0.5, 0.6) is 0 Å². The van der Waals surface area contributed by atoms with Crippen LogP contribution in [0.3, 0.4) is 0 Å². The van der Waals surface area contributed by atoms with Crippen LogP contribution in [-0.4, -0.2) is 19.9 Å². The largest absolute Gasteiger partial charge is 0.350 e. The molecule has 0 radical (unpaired) electrons. The SMILES string of the molecule is ClC(Cl)(Cl)c1nc(NCc2ccncc2)nc(-c2ccc3ccccc3c2)n1. The Morgan fingerprint density at radius 3 is 2.32 bits per heavy atom. The second-order valence-electron chi connectivity index (χ2n) is 6.07. The molecule has 0 saturated carbocycles. The Morgan fingerprint density at radius 2 is 1.57 bits per heavy atom. The number of hydrogen-bond acceptors (Lipinski definition) is 5. The lowest BCUT2D eigenvalue weighted by molar-refractivity contribution is 0.913. The highest BCUT2D eigenvalue weighted by atomic mass is 35.6. The van der Waals surface area contributed by atoms with Gasteiger partial charge >= 0.3 is 0 Å². The standard InChI is InChI=1S/C20H14Cl3N5/c21-20(22,23)18-26-17(16-6-5-14-3-1-2-4-15(14)11-16)27-19(28-18)25-12-13-7-9-24-10-8-13/h1-11H,12H2,(H,25,26,27,28). The molecular weight excluding hydrogens is 417 g/mol. The van der Waals surface area contributed by atoms with Gasteiger partial charge < -0.3 is 5.32 Å². The zero-order chi connectivity index (χ0) is 19.6. The Labute approximate surface area is 176 Å². The van der Waals surface area contributed by atoms with Crippen molar-refractivity contribution < 1.29 is 0 Å². The molecule has 5 nitrogen and oxygen atoms in total. The van der Waals surface area contributed by atoms with Gasteiger partial charge in [0.15, 0.2) is 11.6 Å². The summed E-state index contributed by atoms with van der Waals surface area (Å²) >= 11 is 18.1. The van der Waals surface area contributed by atoms with E-state index in [0.717, 1.165) is 21.9 Å². The summed E-state index contributed by atoms with van der Waals surface area (Å²) in [6.45, 7) is 0.503. The van der Waals surface area contributed by atoms with Crippen LogP contribution in [-0.2, 0) is 10.3 Å². The van der Waals surface area contributed by atoms with Crippen molar-refractivity contribution in [2.24, 2.45) is 0 Å². The number of alkyl halides is 3. The van der Waals surface area contributed by atoms with Crippen LogP contribution in [0.25, 0.3) is 22.2 Å². The lowest BCUT2D eigenvalue weighted by Gasteiger charge is -2.13. The maximum absolute atomic E-state index is 6.04. The molecule has 0 fully saturated rings. The van der Waals surface area contributed by atoms with E-state index in [0.29, 0.717) is 18.3 Å². The monoisotopic (exact) mass is 429 g/mol. The molecule has 0 amide bonds. The van der Waals surface area contributed by atoms with Crippen LogP contribution < -0.4 is 5.32 Å². The fourth-order valence-electron chi connectivity index (χ4n) is 2.72. The van der Waals surface area contributed by atoms with Crippen molar-refractivity contribution in [1.29, 1.82) is 0 Å². The van der Waals surface area contributed by atoms with Crippen LogP contribution in [0.15, 0.2) is 67.0 Å². The average molecular weight is 431 g/mol. The van der Waals surface area contributed by atoms with Gasteiger partial charge in [0, 0.05) is 24.5 Å². The van der Waals surface area contributed by atoms with E-state index in [1.807, 2.05) is 54.6 Å². The van der Waals surface area contributed by atoms with Gasteiger partial charge in [-0.15, -0.1) is 0 Å². The summed E-state index contributed by atoms with van der Waals surface area (Å²) in [5, 5.41) is 5.35.